The van der Waals surface area contributed by atoms with Crippen LogP contribution >= 0.6 is 11.6 Å². The summed E-state index contributed by atoms with van der Waals surface area (Å²) in [6.45, 7) is 3.45. The highest BCUT2D eigenvalue weighted by Crippen LogP contribution is 2.11. The maximum atomic E-state index is 12.3. The van der Waals surface area contributed by atoms with Crippen molar-refractivity contribution in [1.29, 1.82) is 0 Å². The van der Waals surface area contributed by atoms with E-state index in [2.05, 4.69) is 20.6 Å². The average Bonchev–Trinajstić information content (AvgIpc) is 2.54. The number of nitrogens with one attached hydrogen (secondary N) is 2. The van der Waals surface area contributed by atoms with Crippen LogP contribution in [0.1, 0.15) is 21.7 Å². The molecular weight excluding hydrogens is 328 g/mol. The van der Waals surface area contributed by atoms with E-state index >= 15 is 0 Å². The van der Waals surface area contributed by atoms with Gasteiger partial charge >= 0.3 is 0 Å². The quantitative estimate of drug-likeness (QED) is 0.717. The van der Waals surface area contributed by atoms with Gasteiger partial charge in [-0.05, 0) is 37.1 Å². The molecule has 0 aliphatic carbocycles. The number of aromatic nitrogens is 2. The molecule has 0 radical (unpaired) electrons. The molecule has 2 N–H and O–H groups in total. The molecule has 1 aromatic carbocycles. The molecule has 0 atom stereocenters. The van der Waals surface area contributed by atoms with Gasteiger partial charge in [0, 0.05) is 30.9 Å². The van der Waals surface area contributed by atoms with Gasteiger partial charge < -0.3 is 15.4 Å². The van der Waals surface area contributed by atoms with E-state index in [0.29, 0.717) is 42.8 Å². The van der Waals surface area contributed by atoms with E-state index in [1.807, 2.05) is 31.2 Å². The molecule has 1 aromatic heterocycles. The Morgan fingerprint density at radius 2 is 2.08 bits per heavy atom. The van der Waals surface area contributed by atoms with Crippen molar-refractivity contribution in [2.75, 3.05) is 32.1 Å². The van der Waals surface area contributed by atoms with Gasteiger partial charge in [0.1, 0.15) is 5.69 Å². The number of nitrogens with zero attached hydrogens (tertiary/aromatic N) is 2. The Labute approximate surface area is 146 Å². The molecule has 7 heteroatoms. The molecule has 0 unspecified atom stereocenters. The average molecular weight is 349 g/mol. The summed E-state index contributed by atoms with van der Waals surface area (Å²) in [5, 5.41) is 6.58. The molecule has 24 heavy (non-hydrogen) atoms. The summed E-state index contributed by atoms with van der Waals surface area (Å²) < 4.78 is 4.97. The number of aryl methyl sites for hydroxylation is 1. The number of rotatable bonds is 8. The number of halogens is 1. The van der Waals surface area contributed by atoms with E-state index in [1.165, 1.54) is 0 Å². The fraction of sp³-hybridized carbons (Fsp3) is 0.353. The minimum absolute atomic E-state index is 0.225. The summed E-state index contributed by atoms with van der Waals surface area (Å²) in [5.74, 6) is 0.198. The molecule has 1 heterocycles. The van der Waals surface area contributed by atoms with Gasteiger partial charge in [-0.15, -0.1) is 0 Å². The van der Waals surface area contributed by atoms with Crippen LogP contribution in [0.15, 0.2) is 30.3 Å². The van der Waals surface area contributed by atoms with Gasteiger partial charge in [0.15, 0.2) is 0 Å². The minimum Gasteiger partial charge on any atom is -0.383 e. The number of anilines is 1. The van der Waals surface area contributed by atoms with E-state index < -0.39 is 0 Å². The molecule has 0 fully saturated rings. The van der Waals surface area contributed by atoms with E-state index in [0.717, 1.165) is 11.3 Å². The second-order valence-corrected chi connectivity index (χ2v) is 5.71. The number of methoxy groups -OCH3 is 1. The smallest absolute Gasteiger partial charge is 0.270 e. The minimum atomic E-state index is -0.225. The highest BCUT2D eigenvalue weighted by Gasteiger charge is 2.10. The number of ether oxygens (including phenoxy) is 1. The third kappa shape index (κ3) is 5.79. The summed E-state index contributed by atoms with van der Waals surface area (Å²) >= 11 is 5.95. The van der Waals surface area contributed by atoms with Crippen molar-refractivity contribution in [2.24, 2.45) is 0 Å². The van der Waals surface area contributed by atoms with Crippen molar-refractivity contribution in [3.05, 3.63) is 52.3 Å². The van der Waals surface area contributed by atoms with Gasteiger partial charge in [-0.1, -0.05) is 23.7 Å². The topological polar surface area (TPSA) is 76.1 Å². The van der Waals surface area contributed by atoms with Crippen molar-refractivity contribution in [1.82, 2.24) is 15.3 Å². The largest absolute Gasteiger partial charge is 0.383 e. The predicted octanol–water partition coefficient (Wildman–Crippen LogP) is 2.47. The third-order valence-electron chi connectivity index (χ3n) is 3.26. The lowest BCUT2D eigenvalue weighted by molar-refractivity contribution is 0.0949. The summed E-state index contributed by atoms with van der Waals surface area (Å²) in [5.41, 5.74) is 2.14. The molecule has 6 nitrogen and oxygen atoms in total. The lowest BCUT2D eigenvalue weighted by atomic mass is 10.1. The van der Waals surface area contributed by atoms with Crippen LogP contribution in [0.4, 0.5) is 5.95 Å². The number of carbonyl (C=O) groups is 1. The lowest BCUT2D eigenvalue weighted by Gasteiger charge is -2.09. The third-order valence-corrected chi connectivity index (χ3v) is 3.50. The fourth-order valence-electron chi connectivity index (χ4n) is 2.13. The number of hydrogen-bond donors (Lipinski definition) is 2. The van der Waals surface area contributed by atoms with Crippen molar-refractivity contribution in [3.63, 3.8) is 0 Å². The van der Waals surface area contributed by atoms with Crippen LogP contribution in [0.5, 0.6) is 0 Å². The van der Waals surface area contributed by atoms with Gasteiger partial charge in [0.2, 0.25) is 5.95 Å². The number of amides is 1. The molecule has 2 aromatic rings. The van der Waals surface area contributed by atoms with E-state index in [4.69, 9.17) is 16.3 Å². The zero-order valence-electron chi connectivity index (χ0n) is 13.8. The molecule has 0 aliphatic rings. The van der Waals surface area contributed by atoms with E-state index in [-0.39, 0.29) is 5.91 Å². The first-order valence-electron chi connectivity index (χ1n) is 7.69. The molecule has 0 saturated carbocycles. The second-order valence-electron chi connectivity index (χ2n) is 5.27. The normalized spacial score (nSPS) is 10.5. The van der Waals surface area contributed by atoms with Crippen LogP contribution in [0.2, 0.25) is 5.02 Å². The summed E-state index contributed by atoms with van der Waals surface area (Å²) in [4.78, 5) is 20.7. The molecule has 0 aliphatic heterocycles. The van der Waals surface area contributed by atoms with Crippen molar-refractivity contribution < 1.29 is 9.53 Å². The number of carbonyl (C=O) groups excluding carboxylic acids is 1. The molecule has 128 valence electrons. The molecule has 0 spiro atoms. The van der Waals surface area contributed by atoms with Crippen LogP contribution in [-0.4, -0.2) is 42.7 Å². The van der Waals surface area contributed by atoms with Crippen molar-refractivity contribution in [3.8, 4) is 0 Å². The molecule has 0 saturated heterocycles. The Bertz CT molecular complexity index is 694. The predicted molar refractivity (Wildman–Crippen MR) is 94.6 cm³/mol. The lowest BCUT2D eigenvalue weighted by Crippen LogP contribution is -2.27. The van der Waals surface area contributed by atoms with E-state index in [1.54, 1.807) is 13.2 Å². The highest BCUT2D eigenvalue weighted by molar-refractivity contribution is 6.30. The fourth-order valence-corrected chi connectivity index (χ4v) is 2.35. The molecular formula is C17H21ClN4O2. The monoisotopic (exact) mass is 348 g/mol. The standard InChI is InChI=1S/C17H21ClN4O2/c1-12-10-15(22-17(21-12)20-8-9-24-2)16(23)19-7-6-13-4-3-5-14(18)11-13/h3-5,10-11H,6-9H2,1-2H3,(H,19,23)(H,20,21,22). The van der Waals surface area contributed by atoms with Gasteiger partial charge in [-0.2, -0.15) is 0 Å². The zero-order chi connectivity index (χ0) is 17.4. The van der Waals surface area contributed by atoms with Gasteiger partial charge in [-0.3, -0.25) is 4.79 Å². The van der Waals surface area contributed by atoms with Crippen molar-refractivity contribution in [2.45, 2.75) is 13.3 Å². The Morgan fingerprint density at radius 1 is 1.25 bits per heavy atom. The zero-order valence-corrected chi connectivity index (χ0v) is 14.6. The first-order chi connectivity index (χ1) is 11.6. The Balaban J connectivity index is 1.91. The molecule has 0 bridgehead atoms. The van der Waals surface area contributed by atoms with Gasteiger partial charge in [0.05, 0.1) is 6.61 Å². The van der Waals surface area contributed by atoms with Crippen LogP contribution in [-0.2, 0) is 11.2 Å². The van der Waals surface area contributed by atoms with Crippen LogP contribution in [0.3, 0.4) is 0 Å². The number of hydrogen-bond acceptors (Lipinski definition) is 5. The molecule has 1 amide bonds. The van der Waals surface area contributed by atoms with Crippen LogP contribution < -0.4 is 10.6 Å². The first-order valence-corrected chi connectivity index (χ1v) is 8.07. The maximum Gasteiger partial charge on any atom is 0.270 e. The van der Waals surface area contributed by atoms with Crippen LogP contribution in [0, 0.1) is 6.92 Å². The van der Waals surface area contributed by atoms with E-state index in [9.17, 15) is 4.79 Å². The van der Waals surface area contributed by atoms with Crippen molar-refractivity contribution >= 4 is 23.5 Å². The van der Waals surface area contributed by atoms with Gasteiger partial charge in [0.25, 0.3) is 5.91 Å². The van der Waals surface area contributed by atoms with Crippen LogP contribution in [0.25, 0.3) is 0 Å². The summed E-state index contributed by atoms with van der Waals surface area (Å²) in [6, 6.07) is 9.25. The number of benzene rings is 1. The Hall–Kier alpha value is -2.18. The summed E-state index contributed by atoms with van der Waals surface area (Å²) in [6.07, 6.45) is 0.704. The SMILES string of the molecule is COCCNc1nc(C)cc(C(=O)NCCc2cccc(Cl)c2)n1. The molecule has 2 rings (SSSR count). The van der Waals surface area contributed by atoms with Gasteiger partial charge in [-0.25, -0.2) is 9.97 Å². The second kappa shape index (κ2) is 9.20. The highest BCUT2D eigenvalue weighted by atomic mass is 35.5. The Morgan fingerprint density at radius 3 is 2.83 bits per heavy atom. The Kier molecular flexibility index (Phi) is 6.96. The summed E-state index contributed by atoms with van der Waals surface area (Å²) in [7, 11) is 1.62. The first kappa shape index (κ1) is 18.2. The maximum absolute atomic E-state index is 12.3.